The molecule has 48 heavy (non-hydrogen) atoms. The molecule has 6 rings (SSSR count). The molecule has 13 nitrogen and oxygen atoms in total. The molecule has 0 radical (unpaired) electrons. The minimum Gasteiger partial charge on any atom is -0.494 e. The Bertz CT molecular complexity index is 1870. The van der Waals surface area contributed by atoms with Gasteiger partial charge < -0.3 is 25.2 Å². The van der Waals surface area contributed by atoms with E-state index >= 15 is 0 Å². The van der Waals surface area contributed by atoms with Crippen molar-refractivity contribution in [3.05, 3.63) is 61.1 Å². The highest BCUT2D eigenvalue weighted by Crippen LogP contribution is 2.36. The summed E-state index contributed by atoms with van der Waals surface area (Å²) in [5.74, 6) is 1.43. The third-order valence-corrected chi connectivity index (χ3v) is 10.8. The summed E-state index contributed by atoms with van der Waals surface area (Å²) in [7, 11) is 0.157. The highest BCUT2D eigenvalue weighted by atomic mass is 32.2. The molecule has 2 saturated heterocycles. The maximum atomic E-state index is 12.9. The number of likely N-dealkylation sites (N-methyl/N-ethyl adjacent to an activating group) is 1. The van der Waals surface area contributed by atoms with E-state index in [0.29, 0.717) is 45.8 Å². The van der Waals surface area contributed by atoms with Crippen LogP contribution in [0.1, 0.15) is 32.3 Å². The molecule has 0 bridgehead atoms. The SMILES string of the molecule is C=Cc1cnc(Nc2ccc(N3CCC(N4CCN(C)CC4)CC3)cc2OC)nc1Nc1ccc2nccnc2c1NS(=O)(=O)C(C)C. The number of methoxy groups -OCH3 is 1. The fourth-order valence-corrected chi connectivity index (χ4v) is 6.84. The average Bonchev–Trinajstić information content (AvgIpc) is 3.10. The quantitative estimate of drug-likeness (QED) is 0.199. The first-order valence-corrected chi connectivity index (χ1v) is 17.8. The van der Waals surface area contributed by atoms with Crippen molar-refractivity contribution in [3.8, 4) is 5.75 Å². The van der Waals surface area contributed by atoms with Crippen molar-refractivity contribution < 1.29 is 13.2 Å². The molecule has 0 spiro atoms. The van der Waals surface area contributed by atoms with Gasteiger partial charge >= 0.3 is 0 Å². The molecule has 14 heteroatoms. The normalized spacial score (nSPS) is 16.6. The second kappa shape index (κ2) is 14.3. The highest BCUT2D eigenvalue weighted by Gasteiger charge is 2.27. The Morgan fingerprint density at radius 2 is 1.69 bits per heavy atom. The standard InChI is InChI=1S/C34H44N10O3S/c1-6-24-22-37-34(40-33(24)38-29-10-9-28-31(36-14-13-35-28)32(29)41-48(45,46)23(2)3)39-27-8-7-26(21-30(27)47-5)43-15-11-25(12-16-43)44-19-17-42(4)18-20-44/h6-10,13-14,21-23,25,41H,1,11-12,15-20H2,2-5H3,(H2,37,38,39,40). The fourth-order valence-electron chi connectivity index (χ4n) is 6.11. The number of piperidine rings is 1. The molecule has 2 aromatic heterocycles. The van der Waals surface area contributed by atoms with E-state index in [1.165, 1.54) is 6.20 Å². The predicted molar refractivity (Wildman–Crippen MR) is 193 cm³/mol. The number of fused-ring (bicyclic) bond motifs is 1. The molecule has 2 aromatic carbocycles. The van der Waals surface area contributed by atoms with E-state index in [9.17, 15) is 8.42 Å². The monoisotopic (exact) mass is 672 g/mol. The van der Waals surface area contributed by atoms with E-state index < -0.39 is 15.3 Å². The van der Waals surface area contributed by atoms with Crippen molar-refractivity contribution in [2.45, 2.75) is 38.0 Å². The number of ether oxygens (including phenoxy) is 1. The smallest absolute Gasteiger partial charge is 0.235 e. The fraction of sp³-hybridized carbons (Fsp3) is 0.412. The Balaban J connectivity index is 1.21. The van der Waals surface area contributed by atoms with Crippen molar-refractivity contribution >= 4 is 61.6 Å². The lowest BCUT2D eigenvalue weighted by molar-refractivity contribution is 0.0982. The lowest BCUT2D eigenvalue weighted by atomic mass is 10.0. The molecule has 2 fully saturated rings. The van der Waals surface area contributed by atoms with Gasteiger partial charge in [-0.15, -0.1) is 0 Å². The van der Waals surface area contributed by atoms with Crippen LogP contribution in [0.4, 0.5) is 34.5 Å². The molecular weight excluding hydrogens is 629 g/mol. The zero-order valence-corrected chi connectivity index (χ0v) is 28.8. The number of nitrogens with one attached hydrogen (secondary N) is 3. The number of sulfonamides is 1. The predicted octanol–water partition coefficient (Wildman–Crippen LogP) is 4.92. The maximum absolute atomic E-state index is 12.9. The summed E-state index contributed by atoms with van der Waals surface area (Å²) in [5, 5.41) is 5.92. The summed E-state index contributed by atoms with van der Waals surface area (Å²) in [6.07, 6.45) is 8.66. The Kier molecular flexibility index (Phi) is 9.94. The molecule has 0 amide bonds. The van der Waals surface area contributed by atoms with Gasteiger partial charge in [-0.1, -0.05) is 12.7 Å². The zero-order valence-electron chi connectivity index (χ0n) is 28.0. The van der Waals surface area contributed by atoms with Gasteiger partial charge in [0.2, 0.25) is 16.0 Å². The lowest BCUT2D eigenvalue weighted by Gasteiger charge is -2.42. The number of anilines is 6. The summed E-state index contributed by atoms with van der Waals surface area (Å²) < 4.78 is 34.4. The van der Waals surface area contributed by atoms with Gasteiger partial charge in [0.15, 0.2) is 0 Å². The van der Waals surface area contributed by atoms with Gasteiger partial charge in [-0.3, -0.25) is 19.6 Å². The van der Waals surface area contributed by atoms with Crippen LogP contribution >= 0.6 is 0 Å². The van der Waals surface area contributed by atoms with Gasteiger partial charge in [0.05, 0.1) is 34.9 Å². The number of hydrogen-bond donors (Lipinski definition) is 3. The number of benzene rings is 2. The molecule has 0 unspecified atom stereocenters. The Hall–Kier alpha value is -4.53. The topological polar surface area (TPSA) is 141 Å². The Morgan fingerprint density at radius 3 is 2.40 bits per heavy atom. The minimum absolute atomic E-state index is 0.280. The van der Waals surface area contributed by atoms with E-state index in [1.807, 2.05) is 6.07 Å². The Morgan fingerprint density at radius 1 is 0.958 bits per heavy atom. The summed E-state index contributed by atoms with van der Waals surface area (Å²) in [6.45, 7) is 13.7. The molecule has 0 aliphatic carbocycles. The molecule has 0 atom stereocenters. The molecule has 4 aromatic rings. The van der Waals surface area contributed by atoms with Crippen molar-refractivity contribution in [2.24, 2.45) is 0 Å². The molecule has 4 heterocycles. The number of aromatic nitrogens is 4. The second-order valence-corrected chi connectivity index (χ2v) is 14.7. The van der Waals surface area contributed by atoms with Crippen molar-refractivity contribution in [2.75, 3.05) is 73.7 Å². The van der Waals surface area contributed by atoms with Crippen LogP contribution in [0.2, 0.25) is 0 Å². The van der Waals surface area contributed by atoms with Crippen LogP contribution < -0.4 is 25.0 Å². The third-order valence-electron chi connectivity index (χ3n) is 9.11. The van der Waals surface area contributed by atoms with Crippen LogP contribution in [-0.4, -0.2) is 103 Å². The van der Waals surface area contributed by atoms with Gasteiger partial charge in [-0.05, 0) is 58.0 Å². The molecule has 0 saturated carbocycles. The number of hydrogen-bond acceptors (Lipinski definition) is 12. The molecule has 2 aliphatic heterocycles. The first-order valence-electron chi connectivity index (χ1n) is 16.3. The Labute approximate surface area is 282 Å². The van der Waals surface area contributed by atoms with E-state index in [4.69, 9.17) is 9.72 Å². The highest BCUT2D eigenvalue weighted by molar-refractivity contribution is 7.93. The zero-order chi connectivity index (χ0) is 33.8. The second-order valence-electron chi connectivity index (χ2n) is 12.5. The summed E-state index contributed by atoms with van der Waals surface area (Å²) in [5.41, 5.74) is 4.16. The molecular formula is C34H44N10O3S. The maximum Gasteiger partial charge on any atom is 0.235 e. The summed E-state index contributed by atoms with van der Waals surface area (Å²) in [4.78, 5) is 25.5. The first kappa shape index (κ1) is 33.4. The van der Waals surface area contributed by atoms with Crippen LogP contribution in [0.25, 0.3) is 17.1 Å². The van der Waals surface area contributed by atoms with Crippen LogP contribution in [-0.2, 0) is 10.0 Å². The van der Waals surface area contributed by atoms with E-state index in [-0.39, 0.29) is 5.69 Å². The van der Waals surface area contributed by atoms with Crippen LogP contribution in [0.15, 0.2) is 55.5 Å². The van der Waals surface area contributed by atoms with E-state index in [0.717, 1.165) is 63.5 Å². The van der Waals surface area contributed by atoms with Gasteiger partial charge in [0, 0.05) is 81.2 Å². The van der Waals surface area contributed by atoms with Crippen LogP contribution in [0.3, 0.4) is 0 Å². The van der Waals surface area contributed by atoms with Crippen molar-refractivity contribution in [3.63, 3.8) is 0 Å². The molecule has 3 N–H and O–H groups in total. The molecule has 2 aliphatic rings. The number of rotatable bonds is 11. The summed E-state index contributed by atoms with van der Waals surface area (Å²) in [6, 6.07) is 10.3. The van der Waals surface area contributed by atoms with Gasteiger partial charge in [-0.2, -0.15) is 4.98 Å². The molecule has 254 valence electrons. The van der Waals surface area contributed by atoms with Crippen LogP contribution in [0.5, 0.6) is 5.75 Å². The van der Waals surface area contributed by atoms with Gasteiger partial charge in [-0.25, -0.2) is 13.4 Å². The number of nitrogens with zero attached hydrogens (tertiary/aromatic N) is 7. The van der Waals surface area contributed by atoms with E-state index in [1.54, 1.807) is 51.6 Å². The largest absolute Gasteiger partial charge is 0.494 e. The average molecular weight is 673 g/mol. The minimum atomic E-state index is -3.70. The van der Waals surface area contributed by atoms with Gasteiger partial charge in [0.25, 0.3) is 0 Å². The third kappa shape index (κ3) is 7.30. The first-order chi connectivity index (χ1) is 23.1. The van der Waals surface area contributed by atoms with E-state index in [2.05, 4.69) is 70.8 Å². The van der Waals surface area contributed by atoms with Crippen LogP contribution in [0, 0.1) is 0 Å². The van der Waals surface area contributed by atoms with Crippen molar-refractivity contribution in [1.82, 2.24) is 29.7 Å². The van der Waals surface area contributed by atoms with Crippen molar-refractivity contribution in [1.29, 1.82) is 0 Å². The van der Waals surface area contributed by atoms with Gasteiger partial charge in [0.1, 0.15) is 17.1 Å². The lowest BCUT2D eigenvalue weighted by Crippen LogP contribution is -2.52. The summed E-state index contributed by atoms with van der Waals surface area (Å²) >= 11 is 0. The number of piperazine rings is 1.